The van der Waals surface area contributed by atoms with E-state index < -0.39 is 0 Å². The molecule has 12 rings (SSSR count). The quantitative estimate of drug-likeness (QED) is 0.170. The largest absolute Gasteiger partial charge is 0.352 e. The maximum absolute atomic E-state index is 3.66. The third-order valence-corrected chi connectivity index (χ3v) is 12.9. The molecule has 0 N–H and O–H groups in total. The second-order valence-electron chi connectivity index (χ2n) is 15.0. The lowest BCUT2D eigenvalue weighted by Gasteiger charge is -2.11. The average molecular weight is 759 g/mol. The maximum atomic E-state index is 3.66. The minimum Gasteiger partial charge on any atom is -0.352 e. The molecule has 58 heavy (non-hydrogen) atoms. The molecule has 0 atom stereocenters. The van der Waals surface area contributed by atoms with Crippen LogP contribution in [0.5, 0.6) is 0 Å². The van der Waals surface area contributed by atoms with Crippen LogP contribution in [0.25, 0.3) is 103 Å². The monoisotopic (exact) mass is 758 g/mol. The number of fused-ring (bicyclic) bond motifs is 9. The molecule has 0 spiro atoms. The molecule has 2 aromatic heterocycles. The van der Waals surface area contributed by atoms with Gasteiger partial charge in [-0.3, -0.25) is 0 Å². The summed E-state index contributed by atoms with van der Waals surface area (Å²) in [4.78, 5) is 1.97. The van der Waals surface area contributed by atoms with Crippen LogP contribution >= 0.6 is 11.3 Å². The molecule has 0 saturated carbocycles. The Morgan fingerprint density at radius 2 is 0.966 bits per heavy atom. The first-order chi connectivity index (χ1) is 28.7. The van der Waals surface area contributed by atoms with Gasteiger partial charge in [-0.05, 0) is 122 Å². The van der Waals surface area contributed by atoms with Gasteiger partial charge in [-0.25, -0.2) is 0 Å². The van der Waals surface area contributed by atoms with E-state index in [0.717, 1.165) is 5.69 Å². The molecule has 1 aliphatic carbocycles. The van der Waals surface area contributed by atoms with Crippen molar-refractivity contribution >= 4 is 69.8 Å². The van der Waals surface area contributed by atoms with Crippen molar-refractivity contribution < 1.29 is 0 Å². The first-order valence-corrected chi connectivity index (χ1v) is 20.6. The molecule has 3 heteroatoms. The Balaban J connectivity index is 0.000000340. The van der Waals surface area contributed by atoms with Crippen molar-refractivity contribution in [3.05, 3.63) is 207 Å². The zero-order chi connectivity index (χ0) is 38.7. The van der Waals surface area contributed by atoms with E-state index in [-0.39, 0.29) is 0 Å². The summed E-state index contributed by atoms with van der Waals surface area (Å²) in [6.07, 6.45) is 1.79. The van der Waals surface area contributed by atoms with Crippen LogP contribution in [0.3, 0.4) is 0 Å². The summed E-state index contributed by atoms with van der Waals surface area (Å²) >= 11 is 1.88. The van der Waals surface area contributed by atoms with Gasteiger partial charge in [-0.1, -0.05) is 140 Å². The van der Waals surface area contributed by atoms with Crippen LogP contribution in [0.15, 0.2) is 207 Å². The average Bonchev–Trinajstić information content (AvgIpc) is 3.95. The predicted molar refractivity (Wildman–Crippen MR) is 252 cm³/mol. The molecule has 0 saturated heterocycles. The SMILES string of the molecule is C=CN(C)c1ccccc1.c1ccc(-n2c3ccccc3c3c(-c4ccc5sc6ccc(-c7ccc8c9c(cccc79)-c7ccccc7-8)cc6c5c4)cccc32)cc1. The smallest absolute Gasteiger partial charge is 0.0547 e. The molecule has 0 radical (unpaired) electrons. The summed E-state index contributed by atoms with van der Waals surface area (Å²) in [5, 5.41) is 7.90. The van der Waals surface area contributed by atoms with E-state index in [1.54, 1.807) is 6.20 Å². The van der Waals surface area contributed by atoms with Crippen molar-refractivity contribution in [3.63, 3.8) is 0 Å². The van der Waals surface area contributed by atoms with E-state index in [0.29, 0.717) is 0 Å². The predicted octanol–water partition coefficient (Wildman–Crippen LogP) is 15.6. The lowest BCUT2D eigenvalue weighted by Crippen LogP contribution is -2.05. The van der Waals surface area contributed by atoms with Crippen molar-refractivity contribution in [2.45, 2.75) is 0 Å². The van der Waals surface area contributed by atoms with Crippen LogP contribution in [0.1, 0.15) is 0 Å². The topological polar surface area (TPSA) is 8.17 Å². The second-order valence-corrected chi connectivity index (χ2v) is 16.1. The Morgan fingerprint density at radius 1 is 0.431 bits per heavy atom. The number of hydrogen-bond donors (Lipinski definition) is 0. The Hall–Kier alpha value is -7.20. The maximum Gasteiger partial charge on any atom is 0.0547 e. The molecule has 2 nitrogen and oxygen atoms in total. The van der Waals surface area contributed by atoms with E-state index in [4.69, 9.17) is 0 Å². The molecule has 11 aromatic rings. The molecule has 0 unspecified atom stereocenters. The highest BCUT2D eigenvalue weighted by atomic mass is 32.1. The summed E-state index contributed by atoms with van der Waals surface area (Å²) in [6, 6.07) is 70.7. The van der Waals surface area contributed by atoms with Crippen molar-refractivity contribution in [1.82, 2.24) is 4.57 Å². The Kier molecular flexibility index (Phi) is 8.09. The zero-order valence-electron chi connectivity index (χ0n) is 32.1. The highest BCUT2D eigenvalue weighted by Crippen LogP contribution is 2.50. The number of rotatable bonds is 5. The first-order valence-electron chi connectivity index (χ1n) is 19.8. The first kappa shape index (κ1) is 34.1. The molecular weight excluding hydrogens is 721 g/mol. The molecule has 0 fully saturated rings. The molecular formula is C55H38N2S. The van der Waals surface area contributed by atoms with Crippen LogP contribution in [0.2, 0.25) is 0 Å². The number of hydrogen-bond acceptors (Lipinski definition) is 2. The van der Waals surface area contributed by atoms with Crippen LogP contribution in [-0.4, -0.2) is 11.6 Å². The van der Waals surface area contributed by atoms with Crippen LogP contribution in [0, 0.1) is 0 Å². The molecule has 0 aliphatic heterocycles. The third kappa shape index (κ3) is 5.39. The van der Waals surface area contributed by atoms with Crippen molar-refractivity contribution in [2.24, 2.45) is 0 Å². The highest BCUT2D eigenvalue weighted by molar-refractivity contribution is 7.25. The Bertz CT molecular complexity index is 3340. The van der Waals surface area contributed by atoms with E-state index in [9.17, 15) is 0 Å². The van der Waals surface area contributed by atoms with Crippen molar-refractivity contribution in [2.75, 3.05) is 11.9 Å². The fourth-order valence-electron chi connectivity index (χ4n) is 9.06. The van der Waals surface area contributed by atoms with Gasteiger partial charge in [-0.15, -0.1) is 11.3 Å². The molecule has 1 aliphatic rings. The van der Waals surface area contributed by atoms with E-state index in [1.807, 2.05) is 53.6 Å². The molecule has 0 amide bonds. The minimum absolute atomic E-state index is 1.16. The van der Waals surface area contributed by atoms with E-state index >= 15 is 0 Å². The van der Waals surface area contributed by atoms with Gasteiger partial charge in [0, 0.05) is 49.4 Å². The number of thiophene rings is 1. The van der Waals surface area contributed by atoms with E-state index in [2.05, 4.69) is 175 Å². The van der Waals surface area contributed by atoms with Crippen LogP contribution in [0.4, 0.5) is 5.69 Å². The molecule has 0 bridgehead atoms. The Labute approximate surface area is 341 Å². The van der Waals surface area contributed by atoms with Crippen LogP contribution < -0.4 is 4.90 Å². The standard InChI is InChI=1S/C46H27NS.C9H11N/c1-2-10-30(11-3-1)47-41-18-7-6-14-38(41)46-32(15-9-19-42(46)47)29-21-25-44-40(27-29)39-26-28(20-24-43(39)48-44)31-22-23-37-34-13-5-4-12-33(34)36-17-8-16-35(31)45(36)37;1-3-10(2)9-7-5-4-6-8-9/h1-27H;3-8H,1H2,2H3. The summed E-state index contributed by atoms with van der Waals surface area (Å²) < 4.78 is 5.04. The fraction of sp³-hybridized carbons (Fsp3) is 0.0182. The third-order valence-electron chi connectivity index (χ3n) is 11.8. The van der Waals surface area contributed by atoms with Gasteiger partial charge in [0.05, 0.1) is 11.0 Å². The summed E-state index contributed by atoms with van der Waals surface area (Å²) in [6.45, 7) is 3.66. The number of para-hydroxylation sites is 3. The number of anilines is 1. The van der Waals surface area contributed by atoms with Gasteiger partial charge < -0.3 is 9.47 Å². The van der Waals surface area contributed by atoms with Gasteiger partial charge in [-0.2, -0.15) is 0 Å². The molecule has 2 heterocycles. The normalized spacial score (nSPS) is 11.6. The summed E-state index contributed by atoms with van der Waals surface area (Å²) in [5.41, 5.74) is 15.2. The number of benzene rings is 9. The minimum atomic E-state index is 1.16. The van der Waals surface area contributed by atoms with Gasteiger partial charge >= 0.3 is 0 Å². The van der Waals surface area contributed by atoms with Crippen molar-refractivity contribution in [3.8, 4) is 50.2 Å². The van der Waals surface area contributed by atoms with Crippen molar-refractivity contribution in [1.29, 1.82) is 0 Å². The fourth-order valence-corrected chi connectivity index (χ4v) is 10.1. The van der Waals surface area contributed by atoms with Gasteiger partial charge in [0.2, 0.25) is 0 Å². The van der Waals surface area contributed by atoms with Crippen LogP contribution in [-0.2, 0) is 0 Å². The molecule has 9 aromatic carbocycles. The highest BCUT2D eigenvalue weighted by Gasteiger charge is 2.23. The van der Waals surface area contributed by atoms with E-state index in [1.165, 1.54) is 103 Å². The van der Waals surface area contributed by atoms with Gasteiger partial charge in [0.25, 0.3) is 0 Å². The number of nitrogens with zero attached hydrogens (tertiary/aromatic N) is 2. The van der Waals surface area contributed by atoms with Gasteiger partial charge in [0.15, 0.2) is 0 Å². The summed E-state index contributed by atoms with van der Waals surface area (Å²) in [7, 11) is 1.97. The molecule has 274 valence electrons. The zero-order valence-corrected chi connectivity index (χ0v) is 32.9. The lowest BCUT2D eigenvalue weighted by molar-refractivity contribution is 1.18. The second kappa shape index (κ2) is 13.8. The number of aromatic nitrogens is 1. The van der Waals surface area contributed by atoms with Gasteiger partial charge in [0.1, 0.15) is 0 Å². The lowest BCUT2D eigenvalue weighted by atomic mass is 9.93. The Morgan fingerprint density at radius 3 is 1.69 bits per heavy atom. The summed E-state index contributed by atoms with van der Waals surface area (Å²) in [5.74, 6) is 0.